The van der Waals surface area contributed by atoms with E-state index in [-0.39, 0.29) is 6.29 Å². The average Bonchev–Trinajstić information content (AvgIpc) is 1.79. The Kier molecular flexibility index (Phi) is 4.97. The Balaban J connectivity index is 3.60. The summed E-state index contributed by atoms with van der Waals surface area (Å²) in [6.07, 6.45) is -0.166. The molecule has 0 aliphatic rings. The van der Waals surface area contributed by atoms with Crippen LogP contribution in [0.25, 0.3) is 0 Å². The molecule has 0 heterocycles. The molecule has 0 spiro atoms. The molecule has 0 aliphatic carbocycles. The number of likely N-dealkylation sites (N-methyl/N-ethyl adjacent to an activating group) is 2. The summed E-state index contributed by atoms with van der Waals surface area (Å²) in [5.41, 5.74) is 0. The SMILES string of the molecule is CN(C)CCN(C)CP(=O)(O)O. The summed E-state index contributed by atoms with van der Waals surface area (Å²) < 4.78 is 10.5. The predicted octanol–water partition coefficient (Wildman–Crippen LogP) is -0.385. The van der Waals surface area contributed by atoms with Gasteiger partial charge < -0.3 is 14.7 Å². The van der Waals surface area contributed by atoms with Crippen molar-refractivity contribution in [2.24, 2.45) is 0 Å². The standard InChI is InChI=1S/C6H17N2O3P/c1-7(2)4-5-8(3)6-12(9,10)11/h4-6H2,1-3H3,(H2,9,10,11). The fraction of sp³-hybridized carbons (Fsp3) is 1.00. The van der Waals surface area contributed by atoms with Crippen molar-refractivity contribution in [1.82, 2.24) is 9.80 Å². The maximum absolute atomic E-state index is 10.5. The molecular formula is C6H17N2O3P. The molecule has 0 aromatic heterocycles. The van der Waals surface area contributed by atoms with E-state index >= 15 is 0 Å². The van der Waals surface area contributed by atoms with Crippen molar-refractivity contribution in [2.45, 2.75) is 0 Å². The first-order valence-electron chi connectivity index (χ1n) is 3.69. The highest BCUT2D eigenvalue weighted by Gasteiger charge is 2.15. The van der Waals surface area contributed by atoms with Gasteiger partial charge in [-0.05, 0) is 21.1 Å². The van der Waals surface area contributed by atoms with Gasteiger partial charge in [0.05, 0.1) is 0 Å². The van der Waals surface area contributed by atoms with E-state index in [0.717, 1.165) is 6.54 Å². The van der Waals surface area contributed by atoms with Gasteiger partial charge in [-0.15, -0.1) is 0 Å². The minimum atomic E-state index is -3.87. The molecule has 0 aliphatic heterocycles. The summed E-state index contributed by atoms with van der Waals surface area (Å²) in [7, 11) is 1.67. The van der Waals surface area contributed by atoms with Crippen molar-refractivity contribution >= 4 is 7.60 Å². The first-order valence-corrected chi connectivity index (χ1v) is 5.49. The Morgan fingerprint density at radius 2 is 1.67 bits per heavy atom. The van der Waals surface area contributed by atoms with E-state index < -0.39 is 7.60 Å². The molecule has 0 aromatic carbocycles. The van der Waals surface area contributed by atoms with Crippen LogP contribution in [-0.2, 0) is 4.57 Å². The Bertz CT molecular complexity index is 168. The zero-order chi connectivity index (χ0) is 9.78. The Morgan fingerprint density at radius 3 is 2.00 bits per heavy atom. The van der Waals surface area contributed by atoms with Gasteiger partial charge in [0.2, 0.25) is 0 Å². The number of hydrogen-bond donors (Lipinski definition) is 2. The second kappa shape index (κ2) is 4.94. The van der Waals surface area contributed by atoms with Crippen molar-refractivity contribution in [3.63, 3.8) is 0 Å². The van der Waals surface area contributed by atoms with E-state index in [2.05, 4.69) is 0 Å². The van der Waals surface area contributed by atoms with Gasteiger partial charge in [0, 0.05) is 13.1 Å². The fourth-order valence-electron chi connectivity index (χ4n) is 0.756. The predicted molar refractivity (Wildman–Crippen MR) is 48.1 cm³/mol. The molecule has 6 heteroatoms. The van der Waals surface area contributed by atoms with Crippen molar-refractivity contribution in [3.8, 4) is 0 Å². The van der Waals surface area contributed by atoms with Gasteiger partial charge in [0.25, 0.3) is 0 Å². The Morgan fingerprint density at radius 1 is 1.17 bits per heavy atom. The third-order valence-electron chi connectivity index (χ3n) is 1.35. The molecule has 0 bridgehead atoms. The van der Waals surface area contributed by atoms with Crippen LogP contribution in [0.5, 0.6) is 0 Å². The summed E-state index contributed by atoms with van der Waals surface area (Å²) >= 11 is 0. The van der Waals surface area contributed by atoms with Crippen LogP contribution >= 0.6 is 7.60 Å². The van der Waals surface area contributed by atoms with Gasteiger partial charge >= 0.3 is 7.60 Å². The lowest BCUT2D eigenvalue weighted by atomic mass is 10.5. The summed E-state index contributed by atoms with van der Waals surface area (Å²) in [5.74, 6) is 0. The van der Waals surface area contributed by atoms with Crippen molar-refractivity contribution in [3.05, 3.63) is 0 Å². The molecule has 0 fully saturated rings. The van der Waals surface area contributed by atoms with Crippen LogP contribution in [0.4, 0.5) is 0 Å². The number of nitrogens with zero attached hydrogens (tertiary/aromatic N) is 2. The molecule has 0 amide bonds. The smallest absolute Gasteiger partial charge is 0.324 e. The van der Waals surface area contributed by atoms with Crippen molar-refractivity contribution in [1.29, 1.82) is 0 Å². The highest BCUT2D eigenvalue weighted by Crippen LogP contribution is 2.34. The Labute approximate surface area is 73.1 Å². The van der Waals surface area contributed by atoms with Crippen molar-refractivity contribution < 1.29 is 14.4 Å². The largest absolute Gasteiger partial charge is 0.339 e. The van der Waals surface area contributed by atoms with E-state index in [9.17, 15) is 4.57 Å². The summed E-state index contributed by atoms with van der Waals surface area (Å²) in [6, 6.07) is 0. The van der Waals surface area contributed by atoms with E-state index in [0.29, 0.717) is 6.54 Å². The maximum atomic E-state index is 10.5. The molecule has 12 heavy (non-hydrogen) atoms. The summed E-state index contributed by atoms with van der Waals surface area (Å²) in [5, 5.41) is 0. The summed E-state index contributed by atoms with van der Waals surface area (Å²) in [4.78, 5) is 20.8. The average molecular weight is 196 g/mol. The van der Waals surface area contributed by atoms with Gasteiger partial charge in [-0.3, -0.25) is 9.46 Å². The third kappa shape index (κ3) is 8.17. The van der Waals surface area contributed by atoms with Gasteiger partial charge in [-0.1, -0.05) is 0 Å². The normalized spacial score (nSPS) is 12.9. The van der Waals surface area contributed by atoms with Gasteiger partial charge in [0.1, 0.15) is 6.29 Å². The molecule has 0 aromatic rings. The van der Waals surface area contributed by atoms with Crippen LogP contribution in [0.2, 0.25) is 0 Å². The van der Waals surface area contributed by atoms with E-state index in [1.54, 1.807) is 11.9 Å². The molecule has 5 nitrogen and oxygen atoms in total. The minimum Gasteiger partial charge on any atom is -0.324 e. The van der Waals surface area contributed by atoms with Crippen LogP contribution in [0, 0.1) is 0 Å². The van der Waals surface area contributed by atoms with Crippen LogP contribution in [0.15, 0.2) is 0 Å². The highest BCUT2D eigenvalue weighted by atomic mass is 31.2. The van der Waals surface area contributed by atoms with Crippen LogP contribution < -0.4 is 0 Å². The molecule has 2 N–H and O–H groups in total. The van der Waals surface area contributed by atoms with Crippen LogP contribution in [0.1, 0.15) is 0 Å². The van der Waals surface area contributed by atoms with E-state index in [4.69, 9.17) is 9.79 Å². The molecule has 0 saturated carbocycles. The molecule has 0 saturated heterocycles. The fourth-order valence-corrected chi connectivity index (χ4v) is 1.53. The van der Waals surface area contributed by atoms with Crippen LogP contribution in [-0.4, -0.2) is 60.1 Å². The van der Waals surface area contributed by atoms with E-state index in [1.165, 1.54) is 0 Å². The highest BCUT2D eigenvalue weighted by molar-refractivity contribution is 7.51. The molecular weight excluding hydrogens is 179 g/mol. The van der Waals surface area contributed by atoms with E-state index in [1.807, 2.05) is 19.0 Å². The topological polar surface area (TPSA) is 64.0 Å². The molecule has 0 atom stereocenters. The minimum absolute atomic E-state index is 0.166. The molecule has 0 radical (unpaired) electrons. The lowest BCUT2D eigenvalue weighted by Gasteiger charge is -2.19. The molecule has 74 valence electrons. The second-order valence-electron chi connectivity index (χ2n) is 3.19. The van der Waals surface area contributed by atoms with Gasteiger partial charge in [0.15, 0.2) is 0 Å². The second-order valence-corrected chi connectivity index (χ2v) is 4.80. The zero-order valence-corrected chi connectivity index (χ0v) is 8.66. The third-order valence-corrected chi connectivity index (χ3v) is 2.21. The van der Waals surface area contributed by atoms with Crippen molar-refractivity contribution in [2.75, 3.05) is 40.5 Å². The molecule has 0 unspecified atom stereocenters. The monoisotopic (exact) mass is 196 g/mol. The zero-order valence-electron chi connectivity index (χ0n) is 7.77. The first kappa shape index (κ1) is 12.1. The molecule has 0 rings (SSSR count). The lowest BCUT2D eigenvalue weighted by Crippen LogP contribution is -2.29. The Hall–Kier alpha value is 0.0700. The van der Waals surface area contributed by atoms with Crippen LogP contribution in [0.3, 0.4) is 0 Å². The summed E-state index contributed by atoms with van der Waals surface area (Å²) in [6.45, 7) is 1.47. The quantitative estimate of drug-likeness (QED) is 0.586. The van der Waals surface area contributed by atoms with Gasteiger partial charge in [-0.25, -0.2) is 0 Å². The maximum Gasteiger partial charge on any atom is 0.339 e. The number of rotatable bonds is 5. The van der Waals surface area contributed by atoms with Gasteiger partial charge in [-0.2, -0.15) is 0 Å². The first-order chi connectivity index (χ1) is 5.31. The lowest BCUT2D eigenvalue weighted by molar-refractivity contribution is 0.281. The number of hydrogen-bond acceptors (Lipinski definition) is 3.